The molecule has 1 nitrogen and oxygen atoms in total. The third kappa shape index (κ3) is 3.35. The van der Waals surface area contributed by atoms with Gasteiger partial charge in [0.15, 0.2) is 0 Å². The van der Waals surface area contributed by atoms with Gasteiger partial charge in [-0.15, -0.1) is 0 Å². The Hall–Kier alpha value is -0.561. The average molecular weight is 241 g/mol. The zero-order chi connectivity index (χ0) is 9.68. The van der Waals surface area contributed by atoms with Gasteiger partial charge in [0.1, 0.15) is 0 Å². The first-order chi connectivity index (χ1) is 6.24. The molecule has 0 saturated heterocycles. The molecule has 1 N–H and O–H groups in total. The van der Waals surface area contributed by atoms with Crippen molar-refractivity contribution in [1.82, 2.24) is 0 Å². The van der Waals surface area contributed by atoms with Gasteiger partial charge in [-0.3, -0.25) is 0 Å². The summed E-state index contributed by atoms with van der Waals surface area (Å²) in [5.74, 6) is 0. The van der Waals surface area contributed by atoms with E-state index in [4.69, 9.17) is 5.11 Å². The molecule has 0 heterocycles. The van der Waals surface area contributed by atoms with Crippen LogP contribution in [-0.2, 0) is 0 Å². The van der Waals surface area contributed by atoms with Crippen LogP contribution in [0.25, 0.3) is 0 Å². The van der Waals surface area contributed by atoms with E-state index in [0.29, 0.717) is 0 Å². The van der Waals surface area contributed by atoms with Crippen molar-refractivity contribution in [2.45, 2.75) is 13.8 Å². The minimum atomic E-state index is 0.192. The van der Waals surface area contributed by atoms with E-state index in [9.17, 15) is 0 Å². The summed E-state index contributed by atoms with van der Waals surface area (Å²) in [6.45, 7) is 4.30. The van der Waals surface area contributed by atoms with Gasteiger partial charge in [0.25, 0.3) is 0 Å². The first-order valence-electron chi connectivity index (χ1n) is 4.24. The molecule has 0 aromatic heterocycles. The molecule has 0 aliphatic carbocycles. The van der Waals surface area contributed by atoms with Gasteiger partial charge in [0.05, 0.1) is 0 Å². The maximum atomic E-state index is 9.12. The van der Waals surface area contributed by atoms with Crippen molar-refractivity contribution in [3.8, 4) is 0 Å². The number of allylic oxidation sites excluding steroid dienone is 1. The van der Waals surface area contributed by atoms with Crippen LogP contribution in [0.2, 0.25) is 0 Å². The number of aliphatic hydroxyl groups excluding tert-OH is 1. The molecular weight excluding hydrogens is 227 g/mol. The summed E-state index contributed by atoms with van der Waals surface area (Å²) in [6, 6.07) is 10.3. The van der Waals surface area contributed by atoms with Gasteiger partial charge in [-0.1, -0.05) is 0 Å². The van der Waals surface area contributed by atoms with E-state index < -0.39 is 0 Å². The second-order valence-electron chi connectivity index (χ2n) is 3.00. The zero-order valence-electron chi connectivity index (χ0n) is 7.95. The second-order valence-corrected chi connectivity index (χ2v) is 5.45. The Morgan fingerprint density at radius 2 is 1.85 bits per heavy atom. The van der Waals surface area contributed by atoms with Crippen molar-refractivity contribution in [2.24, 2.45) is 0 Å². The third-order valence-electron chi connectivity index (χ3n) is 1.69. The summed E-state index contributed by atoms with van der Waals surface area (Å²) in [7, 11) is 0. The Balaban J connectivity index is 2.74. The molecule has 0 aliphatic heterocycles. The molecule has 0 amide bonds. The summed E-state index contributed by atoms with van der Waals surface area (Å²) in [4.78, 5) is 0. The van der Waals surface area contributed by atoms with Crippen molar-refractivity contribution < 1.29 is 5.11 Å². The Labute approximate surface area is 85.6 Å². The van der Waals surface area contributed by atoms with Crippen molar-refractivity contribution in [3.63, 3.8) is 0 Å². The fourth-order valence-electron chi connectivity index (χ4n) is 0.923. The topological polar surface area (TPSA) is 20.2 Å². The van der Waals surface area contributed by atoms with Crippen molar-refractivity contribution in [2.75, 3.05) is 6.61 Å². The summed E-state index contributed by atoms with van der Waals surface area (Å²) >= 11 is 0.287. The minimum absolute atomic E-state index is 0.192. The number of hydrogen-bond acceptors (Lipinski definition) is 1. The van der Waals surface area contributed by atoms with Crippen molar-refractivity contribution in [3.05, 3.63) is 40.4 Å². The predicted octanol–water partition coefficient (Wildman–Crippen LogP) is 1.30. The molecule has 0 bridgehead atoms. The van der Waals surface area contributed by atoms with Crippen LogP contribution in [0.4, 0.5) is 0 Å². The van der Waals surface area contributed by atoms with E-state index in [1.54, 1.807) is 0 Å². The molecule has 0 radical (unpaired) electrons. The normalized spacial score (nSPS) is 9.77. The molecule has 2 heteroatoms. The quantitative estimate of drug-likeness (QED) is 0.791. The van der Waals surface area contributed by atoms with Crippen molar-refractivity contribution >= 4 is 19.4 Å². The second kappa shape index (κ2) is 5.23. The van der Waals surface area contributed by atoms with E-state index >= 15 is 0 Å². The molecule has 0 unspecified atom stereocenters. The molecule has 1 rings (SSSR count). The van der Waals surface area contributed by atoms with E-state index in [2.05, 4.69) is 26.0 Å². The van der Waals surface area contributed by atoms with Crippen LogP contribution < -0.4 is 4.46 Å². The number of hydrogen-bond donors (Lipinski definition) is 1. The summed E-state index contributed by atoms with van der Waals surface area (Å²) in [5.41, 5.74) is 1.24. The maximum absolute atomic E-state index is 9.12. The van der Waals surface area contributed by atoms with Crippen LogP contribution in [0.1, 0.15) is 13.8 Å². The van der Waals surface area contributed by atoms with E-state index in [1.807, 2.05) is 18.2 Å². The zero-order valence-corrected chi connectivity index (χ0v) is 9.66. The molecule has 70 valence electrons. The Bertz CT molecular complexity index is 286. The van der Waals surface area contributed by atoms with Gasteiger partial charge < -0.3 is 0 Å². The molecule has 0 spiro atoms. The van der Waals surface area contributed by atoms with Gasteiger partial charge in [0, 0.05) is 0 Å². The first-order valence-corrected chi connectivity index (χ1v) is 5.95. The number of rotatable bonds is 3. The standard InChI is InChI=1S/C11H14OSe/c1-9(2)11(8-12)13-10-6-4-3-5-7-10/h3-7,12H,8H2,1-2H3. The van der Waals surface area contributed by atoms with E-state index in [-0.39, 0.29) is 21.6 Å². The molecule has 1 aromatic carbocycles. The molecule has 0 fully saturated rings. The Morgan fingerprint density at radius 3 is 2.31 bits per heavy atom. The molecular formula is C11H14OSe. The Morgan fingerprint density at radius 1 is 1.23 bits per heavy atom. The molecule has 0 saturated carbocycles. The van der Waals surface area contributed by atoms with Crippen molar-refractivity contribution in [1.29, 1.82) is 0 Å². The number of benzene rings is 1. The fourth-order valence-corrected chi connectivity index (χ4v) is 2.70. The molecule has 1 aromatic rings. The van der Waals surface area contributed by atoms with Crippen LogP contribution in [-0.4, -0.2) is 26.7 Å². The van der Waals surface area contributed by atoms with E-state index in [0.717, 1.165) is 0 Å². The van der Waals surface area contributed by atoms with Gasteiger partial charge in [-0.2, -0.15) is 0 Å². The van der Waals surface area contributed by atoms with Gasteiger partial charge in [0.2, 0.25) is 0 Å². The summed E-state index contributed by atoms with van der Waals surface area (Å²) in [5, 5.41) is 9.12. The van der Waals surface area contributed by atoms with E-state index in [1.165, 1.54) is 14.5 Å². The van der Waals surface area contributed by atoms with Crippen LogP contribution >= 0.6 is 0 Å². The molecule has 0 atom stereocenters. The van der Waals surface area contributed by atoms with Crippen LogP contribution in [0.3, 0.4) is 0 Å². The predicted molar refractivity (Wildman–Crippen MR) is 57.3 cm³/mol. The molecule has 0 aliphatic rings. The average Bonchev–Trinajstić information content (AvgIpc) is 2.15. The van der Waals surface area contributed by atoms with Gasteiger partial charge in [-0.25, -0.2) is 0 Å². The summed E-state index contributed by atoms with van der Waals surface area (Å²) < 4.78 is 2.50. The Kier molecular flexibility index (Phi) is 4.23. The number of aliphatic hydroxyl groups is 1. The van der Waals surface area contributed by atoms with Gasteiger partial charge in [-0.05, 0) is 0 Å². The fraction of sp³-hybridized carbons (Fsp3) is 0.273. The monoisotopic (exact) mass is 242 g/mol. The SMILES string of the molecule is CC(C)=C(CO)[Se]c1ccccc1. The first kappa shape index (κ1) is 10.5. The molecule has 13 heavy (non-hydrogen) atoms. The van der Waals surface area contributed by atoms with Gasteiger partial charge >= 0.3 is 85.4 Å². The van der Waals surface area contributed by atoms with Crippen LogP contribution in [0.15, 0.2) is 40.4 Å². The third-order valence-corrected chi connectivity index (χ3v) is 4.40. The summed E-state index contributed by atoms with van der Waals surface area (Å²) in [6.07, 6.45) is 0. The van der Waals surface area contributed by atoms with Crippen LogP contribution in [0, 0.1) is 0 Å². The van der Waals surface area contributed by atoms with Crippen LogP contribution in [0.5, 0.6) is 0 Å².